The van der Waals surface area contributed by atoms with Crippen LogP contribution in [0.2, 0.25) is 10.2 Å². The lowest BCUT2D eigenvalue weighted by atomic mass is 9.80. The van der Waals surface area contributed by atoms with Gasteiger partial charge in [0, 0.05) is 66.0 Å². The molecule has 4 aromatic carbocycles. The minimum Gasteiger partial charge on any atom is -0.399 e. The van der Waals surface area contributed by atoms with Crippen LogP contribution in [0.5, 0.6) is 0 Å². The molecule has 80 heavy (non-hydrogen) atoms. The molecule has 0 radical (unpaired) electrons. The van der Waals surface area contributed by atoms with Gasteiger partial charge in [0.15, 0.2) is 0 Å². The average molecular weight is 1230 g/mol. The minimum atomic E-state index is -0.439. The van der Waals surface area contributed by atoms with Crippen LogP contribution in [0.25, 0.3) is 66.4 Å². The summed E-state index contributed by atoms with van der Waals surface area (Å²) in [6.07, 6.45) is 9.74. The Hall–Kier alpha value is -7.58. The number of nitrogens with two attached hydrogens (primary N) is 3. The standard InChI is InChI=1S/C20H17N5.C14H10ClN3.C11H15BClNO2.C8H6BrN3.C7H8BrN/c1-2-14-5-3-7-18(25-14)19-15(6-4-10-22-19)13-8-9-17-16(11-13)20(21)24-12-23-17;15-12-4-2-1-3-10(12)9-5-6-13-11(7-9)14(16)18-8-17-13;1-10(2)11(3,4)16-12(15-10)8-6-5-7-14-9(8)13;9-5-1-2-7-6(3-5)8(10)12-4-11-7;1-2-6-4-3-5-7(8)9-6/h3-12H,2H2,1H3,(H2,21,23,24);1-8H,(H2,16,17,18);5-7H,1-4H3;1-4H,(H2,10,11,12);3-5H,2H2,1H3. The topological polar surface area (TPSA) is 225 Å². The van der Waals surface area contributed by atoms with Gasteiger partial charge in [0.2, 0.25) is 0 Å². The third-order valence-electron chi connectivity index (χ3n) is 13.1. The van der Waals surface area contributed by atoms with Crippen molar-refractivity contribution >= 4 is 118 Å². The van der Waals surface area contributed by atoms with Crippen LogP contribution in [0, 0.1) is 0 Å². The Kier molecular flexibility index (Phi) is 19.5. The SMILES string of the molecule is CC1(C)OB(c2cccnc2Cl)OC1(C)C.CCc1cccc(-c2ncccc2-c2ccc3ncnc(N)c3c2)n1.CCc1cccc(Br)n1.Nc1ncnc2ccc(-c3ccccc3Cl)cc12.Nc1ncnc2ccc(Br)cc12. The predicted molar refractivity (Wildman–Crippen MR) is 332 cm³/mol. The molecule has 0 aliphatic carbocycles. The van der Waals surface area contributed by atoms with E-state index in [0.717, 1.165) is 105 Å². The van der Waals surface area contributed by atoms with E-state index in [1.54, 1.807) is 12.4 Å². The molecule has 11 aromatic rings. The highest BCUT2D eigenvalue weighted by atomic mass is 79.9. The number of nitrogens with zero attached hydrogens (tertiary/aromatic N) is 10. The van der Waals surface area contributed by atoms with Crippen LogP contribution >= 0.6 is 55.1 Å². The van der Waals surface area contributed by atoms with E-state index >= 15 is 0 Å². The van der Waals surface area contributed by atoms with Crippen molar-refractivity contribution < 1.29 is 9.31 Å². The van der Waals surface area contributed by atoms with Gasteiger partial charge in [-0.15, -0.1) is 0 Å². The van der Waals surface area contributed by atoms with Crippen LogP contribution in [-0.4, -0.2) is 68.2 Å². The van der Waals surface area contributed by atoms with Gasteiger partial charge >= 0.3 is 7.12 Å². The maximum Gasteiger partial charge on any atom is 0.498 e. The zero-order valence-electron chi connectivity index (χ0n) is 44.7. The second kappa shape index (κ2) is 26.6. The summed E-state index contributed by atoms with van der Waals surface area (Å²) < 4.78 is 13.7. The number of pyridine rings is 4. The second-order valence-corrected chi connectivity index (χ2v) is 21.4. The van der Waals surface area contributed by atoms with Crippen LogP contribution in [0.1, 0.15) is 52.9 Å². The summed E-state index contributed by atoms with van der Waals surface area (Å²) in [4.78, 5) is 42.0. The molecule has 1 saturated heterocycles. The van der Waals surface area contributed by atoms with E-state index < -0.39 is 7.12 Å². The van der Waals surface area contributed by atoms with Crippen molar-refractivity contribution in [3.63, 3.8) is 0 Å². The molecule has 0 atom stereocenters. The molecule has 12 rings (SSSR count). The number of anilines is 3. The molecule has 404 valence electrons. The number of benzene rings is 4. The molecule has 1 aliphatic rings. The summed E-state index contributed by atoms with van der Waals surface area (Å²) in [7, 11) is -0.439. The number of fused-ring (bicyclic) bond motifs is 3. The second-order valence-electron chi connectivity index (χ2n) is 18.9. The lowest BCUT2D eigenvalue weighted by molar-refractivity contribution is 0.00578. The lowest BCUT2D eigenvalue weighted by Gasteiger charge is -2.32. The van der Waals surface area contributed by atoms with Crippen LogP contribution in [0.15, 0.2) is 180 Å². The van der Waals surface area contributed by atoms with Gasteiger partial charge in [-0.2, -0.15) is 0 Å². The summed E-state index contributed by atoms with van der Waals surface area (Å²) >= 11 is 18.9. The first-order valence-electron chi connectivity index (χ1n) is 25.4. The van der Waals surface area contributed by atoms with Crippen LogP contribution in [-0.2, 0) is 22.2 Å². The van der Waals surface area contributed by atoms with Gasteiger partial charge in [-0.05, 0) is 153 Å². The van der Waals surface area contributed by atoms with Gasteiger partial charge < -0.3 is 26.5 Å². The van der Waals surface area contributed by atoms with Crippen molar-refractivity contribution in [3.05, 3.63) is 202 Å². The molecule has 20 heteroatoms. The first-order valence-corrected chi connectivity index (χ1v) is 27.7. The number of rotatable bonds is 6. The van der Waals surface area contributed by atoms with E-state index in [4.69, 9.17) is 54.7 Å². The minimum absolute atomic E-state index is 0.350. The highest BCUT2D eigenvalue weighted by Crippen LogP contribution is 2.37. The van der Waals surface area contributed by atoms with E-state index in [9.17, 15) is 0 Å². The Balaban J connectivity index is 0.000000137. The summed E-state index contributed by atoms with van der Waals surface area (Å²) in [5.74, 6) is 1.47. The summed E-state index contributed by atoms with van der Waals surface area (Å²) in [5, 5.41) is 3.71. The molecule has 1 aliphatic heterocycles. The van der Waals surface area contributed by atoms with Gasteiger partial charge in [-0.1, -0.05) is 108 Å². The smallest absolute Gasteiger partial charge is 0.399 e. The molecule has 0 saturated carbocycles. The molecule has 6 N–H and O–H groups in total. The molecule has 0 amide bonds. The average Bonchev–Trinajstić information content (AvgIpc) is 3.69. The maximum atomic E-state index is 6.19. The van der Waals surface area contributed by atoms with Crippen LogP contribution in [0.3, 0.4) is 0 Å². The summed E-state index contributed by atoms with van der Waals surface area (Å²) in [6.45, 7) is 12.2. The van der Waals surface area contributed by atoms with Crippen molar-refractivity contribution in [2.24, 2.45) is 0 Å². The third-order valence-corrected chi connectivity index (χ3v) is 14.7. The van der Waals surface area contributed by atoms with E-state index in [1.807, 2.05) is 167 Å². The number of nitrogen functional groups attached to an aromatic ring is 3. The molecule has 1 fully saturated rings. The van der Waals surface area contributed by atoms with Crippen molar-refractivity contribution in [3.8, 4) is 33.6 Å². The molecule has 0 unspecified atom stereocenters. The number of aryl methyl sites for hydroxylation is 2. The highest BCUT2D eigenvalue weighted by molar-refractivity contribution is 9.10. The Morgan fingerprint density at radius 3 is 1.55 bits per heavy atom. The number of halogens is 4. The van der Waals surface area contributed by atoms with E-state index in [2.05, 4.69) is 90.6 Å². The van der Waals surface area contributed by atoms with E-state index in [0.29, 0.717) is 27.6 Å². The number of aromatic nitrogens is 10. The van der Waals surface area contributed by atoms with Gasteiger partial charge in [-0.3, -0.25) is 9.97 Å². The van der Waals surface area contributed by atoms with Gasteiger partial charge in [0.1, 0.15) is 46.2 Å². The molecule has 8 heterocycles. The normalized spacial score (nSPS) is 12.9. The molecule has 7 aromatic heterocycles. The Morgan fingerprint density at radius 2 is 1.00 bits per heavy atom. The quantitative estimate of drug-likeness (QED) is 0.104. The molecular formula is C60H56BBr2Cl2N13O2. The van der Waals surface area contributed by atoms with Crippen LogP contribution in [0.4, 0.5) is 17.5 Å². The monoisotopic (exact) mass is 1230 g/mol. The Bertz CT molecular complexity index is 3920. The maximum absolute atomic E-state index is 6.19. The van der Waals surface area contributed by atoms with Crippen molar-refractivity contribution in [1.29, 1.82) is 0 Å². The van der Waals surface area contributed by atoms with Gasteiger partial charge in [-0.25, -0.2) is 39.9 Å². The van der Waals surface area contributed by atoms with Crippen molar-refractivity contribution in [1.82, 2.24) is 49.8 Å². The Labute approximate surface area is 491 Å². The zero-order chi connectivity index (χ0) is 57.0. The Morgan fingerprint density at radius 1 is 0.500 bits per heavy atom. The molecule has 0 spiro atoms. The van der Waals surface area contributed by atoms with Crippen molar-refractivity contribution in [2.45, 2.75) is 65.6 Å². The first kappa shape index (κ1) is 58.6. The predicted octanol–water partition coefficient (Wildman–Crippen LogP) is 13.8. The largest absolute Gasteiger partial charge is 0.498 e. The van der Waals surface area contributed by atoms with Crippen LogP contribution < -0.4 is 22.7 Å². The summed E-state index contributed by atoms with van der Waals surface area (Å²) in [6, 6.07) is 44.9. The fraction of sp³-hybridized carbons (Fsp3) is 0.167. The fourth-order valence-electron chi connectivity index (χ4n) is 8.07. The number of hydrogen-bond acceptors (Lipinski definition) is 15. The lowest BCUT2D eigenvalue weighted by Crippen LogP contribution is -2.41. The molecular weight excluding hydrogens is 1180 g/mol. The fourth-order valence-corrected chi connectivity index (χ4v) is 9.27. The molecule has 0 bridgehead atoms. The first-order chi connectivity index (χ1) is 38.4. The third kappa shape index (κ3) is 14.4. The van der Waals surface area contributed by atoms with Crippen molar-refractivity contribution in [2.75, 3.05) is 17.2 Å². The van der Waals surface area contributed by atoms with Gasteiger partial charge in [0.05, 0.1) is 39.1 Å². The highest BCUT2D eigenvalue weighted by Gasteiger charge is 2.52. The number of hydrogen-bond donors (Lipinski definition) is 3. The summed E-state index contributed by atoms with van der Waals surface area (Å²) in [5.41, 5.74) is 28.0. The van der Waals surface area contributed by atoms with E-state index in [-0.39, 0.29) is 11.2 Å². The van der Waals surface area contributed by atoms with Gasteiger partial charge in [0.25, 0.3) is 0 Å². The molecule has 15 nitrogen and oxygen atoms in total. The van der Waals surface area contributed by atoms with E-state index in [1.165, 1.54) is 19.0 Å². The zero-order valence-corrected chi connectivity index (χ0v) is 49.4.